The topological polar surface area (TPSA) is 47.9 Å². The highest BCUT2D eigenvalue weighted by molar-refractivity contribution is 5.98. The maximum absolute atomic E-state index is 14.1. The predicted molar refractivity (Wildman–Crippen MR) is 118 cm³/mol. The fraction of sp³-hybridized carbons (Fsp3) is 0.417. The van der Waals surface area contributed by atoms with Gasteiger partial charge in [0.1, 0.15) is 11.6 Å². The second kappa shape index (κ2) is 9.45. The van der Waals surface area contributed by atoms with E-state index in [1.807, 2.05) is 24.0 Å². The van der Waals surface area contributed by atoms with Crippen molar-refractivity contribution in [2.45, 2.75) is 38.6 Å². The molecule has 1 unspecified atom stereocenters. The molecule has 2 aliphatic rings. The average molecular weight is 427 g/mol. The van der Waals surface area contributed by atoms with Crippen LogP contribution in [0.2, 0.25) is 0 Å². The number of hydrogen-bond donors (Lipinski definition) is 1. The number of carbonyl (C=O) groups is 1. The number of fused-ring (bicyclic) bond motifs is 1. The summed E-state index contributed by atoms with van der Waals surface area (Å²) in [6.45, 7) is 5.04. The number of halogens is 2. The molecule has 2 aromatic rings. The van der Waals surface area contributed by atoms with Crippen molar-refractivity contribution in [3.8, 4) is 0 Å². The first-order chi connectivity index (χ1) is 15.1. The van der Waals surface area contributed by atoms with E-state index in [-0.39, 0.29) is 23.9 Å². The molecule has 0 aromatic heterocycles. The van der Waals surface area contributed by atoms with Crippen LogP contribution in [0.4, 0.5) is 14.5 Å². The van der Waals surface area contributed by atoms with E-state index in [1.54, 1.807) is 0 Å². The molecule has 0 aliphatic carbocycles. The third-order valence-electron chi connectivity index (χ3n) is 5.99. The van der Waals surface area contributed by atoms with Gasteiger partial charge < -0.3 is 15.1 Å². The molecule has 0 spiro atoms. The van der Waals surface area contributed by atoms with Gasteiger partial charge in [0, 0.05) is 49.8 Å². The molecule has 0 saturated carbocycles. The smallest absolute Gasteiger partial charge is 0.222 e. The minimum Gasteiger partial charge on any atom is -0.356 e. The summed E-state index contributed by atoms with van der Waals surface area (Å²) in [5.41, 5.74) is 2.53. The van der Waals surface area contributed by atoms with Crippen molar-refractivity contribution in [2.24, 2.45) is 4.99 Å². The highest BCUT2D eigenvalue weighted by atomic mass is 19.1. The van der Waals surface area contributed by atoms with Crippen LogP contribution in [0.3, 0.4) is 0 Å². The Balaban J connectivity index is 1.54. The number of carbonyl (C=O) groups excluding carboxylic acids is 1. The molecule has 2 aliphatic heterocycles. The van der Waals surface area contributed by atoms with Crippen LogP contribution in [0, 0.1) is 11.6 Å². The molecule has 2 heterocycles. The summed E-state index contributed by atoms with van der Waals surface area (Å²) in [6, 6.07) is 11.6. The van der Waals surface area contributed by atoms with Gasteiger partial charge in [-0.3, -0.25) is 4.79 Å². The Morgan fingerprint density at radius 3 is 2.84 bits per heavy atom. The summed E-state index contributed by atoms with van der Waals surface area (Å²) in [4.78, 5) is 20.7. The second-order valence-electron chi connectivity index (χ2n) is 8.05. The van der Waals surface area contributed by atoms with E-state index < -0.39 is 11.6 Å². The number of guanidine groups is 1. The van der Waals surface area contributed by atoms with Gasteiger partial charge in [0.15, 0.2) is 5.96 Å². The van der Waals surface area contributed by atoms with Gasteiger partial charge in [-0.1, -0.05) is 18.2 Å². The fourth-order valence-electron chi connectivity index (χ4n) is 4.41. The molecule has 0 radical (unpaired) electrons. The Labute approximate surface area is 181 Å². The number of likely N-dealkylation sites (tertiary alicyclic amines) is 1. The zero-order valence-electron chi connectivity index (χ0n) is 17.8. The first kappa shape index (κ1) is 21.3. The normalized spacial score (nSPS) is 18.6. The van der Waals surface area contributed by atoms with E-state index in [0.29, 0.717) is 18.9 Å². The maximum Gasteiger partial charge on any atom is 0.222 e. The molecule has 7 heteroatoms. The molecular formula is C24H28F2N4O. The molecule has 2 aromatic carbocycles. The Bertz CT molecular complexity index is 978. The number of para-hydroxylation sites is 1. The monoisotopic (exact) mass is 426 g/mol. The number of anilines is 1. The van der Waals surface area contributed by atoms with Crippen molar-refractivity contribution in [3.05, 3.63) is 65.2 Å². The summed E-state index contributed by atoms with van der Waals surface area (Å²) in [5.74, 6) is 0.239. The lowest BCUT2D eigenvalue weighted by molar-refractivity contribution is -0.127. The van der Waals surface area contributed by atoms with E-state index in [9.17, 15) is 13.6 Å². The number of aliphatic imine (C=N–C) groups is 1. The Morgan fingerprint density at radius 1 is 1.23 bits per heavy atom. The molecule has 1 atom stereocenters. The molecule has 1 amide bonds. The van der Waals surface area contributed by atoms with Gasteiger partial charge in [0.05, 0.1) is 6.54 Å². The van der Waals surface area contributed by atoms with Crippen molar-refractivity contribution in [1.82, 2.24) is 10.2 Å². The molecule has 0 bridgehead atoms. The molecule has 1 saturated heterocycles. The minimum atomic E-state index is -0.473. The third kappa shape index (κ3) is 4.70. The van der Waals surface area contributed by atoms with E-state index in [2.05, 4.69) is 27.3 Å². The lowest BCUT2D eigenvalue weighted by Crippen LogP contribution is -2.41. The van der Waals surface area contributed by atoms with Crippen LogP contribution in [0.1, 0.15) is 43.2 Å². The lowest BCUT2D eigenvalue weighted by atomic mass is 9.98. The summed E-state index contributed by atoms with van der Waals surface area (Å²) in [7, 11) is 0. The van der Waals surface area contributed by atoms with Crippen molar-refractivity contribution >= 4 is 17.6 Å². The minimum absolute atomic E-state index is 0.0531. The summed E-state index contributed by atoms with van der Waals surface area (Å²) in [6.07, 6.45) is 2.48. The molecular weight excluding hydrogens is 398 g/mol. The maximum atomic E-state index is 14.1. The number of nitrogens with one attached hydrogen (secondary N) is 1. The van der Waals surface area contributed by atoms with E-state index >= 15 is 0 Å². The van der Waals surface area contributed by atoms with Gasteiger partial charge in [0.2, 0.25) is 5.91 Å². The van der Waals surface area contributed by atoms with Gasteiger partial charge in [-0.05, 0) is 49.6 Å². The van der Waals surface area contributed by atoms with Crippen LogP contribution >= 0.6 is 0 Å². The Morgan fingerprint density at radius 2 is 2.06 bits per heavy atom. The highest BCUT2D eigenvalue weighted by Gasteiger charge is 2.32. The van der Waals surface area contributed by atoms with Gasteiger partial charge in [-0.2, -0.15) is 0 Å². The molecule has 1 fully saturated rings. The SMILES string of the molecule is CCNC(=NCc1cc(F)ccc1F)N1CC(CCN2CCCC2=O)c2ccccc21. The van der Waals surface area contributed by atoms with Crippen LogP contribution in [0.5, 0.6) is 0 Å². The summed E-state index contributed by atoms with van der Waals surface area (Å²) in [5, 5.41) is 3.29. The number of rotatable bonds is 6. The number of nitrogens with zero attached hydrogens (tertiary/aromatic N) is 3. The quantitative estimate of drug-likeness (QED) is 0.560. The number of benzene rings is 2. The summed E-state index contributed by atoms with van der Waals surface area (Å²) < 4.78 is 27.6. The van der Waals surface area contributed by atoms with Crippen molar-refractivity contribution < 1.29 is 13.6 Å². The average Bonchev–Trinajstić information content (AvgIpc) is 3.35. The standard InChI is InChI=1S/C24H28F2N4O/c1-2-27-24(28-15-18-14-19(25)9-10-21(18)26)30-16-17(20-6-3-4-7-22(20)30)11-13-29-12-5-8-23(29)31/h3-4,6-7,9-10,14,17H,2,5,8,11-13,15-16H2,1H3,(H,27,28). The Hall–Kier alpha value is -2.96. The second-order valence-corrected chi connectivity index (χ2v) is 8.05. The third-order valence-corrected chi connectivity index (χ3v) is 5.99. The van der Waals surface area contributed by atoms with E-state index in [1.165, 1.54) is 11.6 Å². The zero-order chi connectivity index (χ0) is 21.8. The lowest BCUT2D eigenvalue weighted by Gasteiger charge is -2.23. The first-order valence-corrected chi connectivity index (χ1v) is 10.9. The van der Waals surface area contributed by atoms with Crippen molar-refractivity contribution in [3.63, 3.8) is 0 Å². The van der Waals surface area contributed by atoms with Gasteiger partial charge in [0.25, 0.3) is 0 Å². The molecule has 5 nitrogen and oxygen atoms in total. The van der Waals surface area contributed by atoms with Crippen LogP contribution in [-0.2, 0) is 11.3 Å². The highest BCUT2D eigenvalue weighted by Crippen LogP contribution is 2.38. The van der Waals surface area contributed by atoms with Crippen LogP contribution < -0.4 is 10.2 Å². The largest absolute Gasteiger partial charge is 0.356 e. The number of hydrogen-bond acceptors (Lipinski definition) is 2. The van der Waals surface area contributed by atoms with Crippen LogP contribution in [0.25, 0.3) is 0 Å². The fourth-order valence-corrected chi connectivity index (χ4v) is 4.41. The zero-order valence-corrected chi connectivity index (χ0v) is 17.8. The van der Waals surface area contributed by atoms with Gasteiger partial charge in [-0.25, -0.2) is 13.8 Å². The Kier molecular flexibility index (Phi) is 6.49. The van der Waals surface area contributed by atoms with Crippen LogP contribution in [0.15, 0.2) is 47.5 Å². The van der Waals surface area contributed by atoms with Gasteiger partial charge in [-0.15, -0.1) is 0 Å². The van der Waals surface area contributed by atoms with Gasteiger partial charge >= 0.3 is 0 Å². The molecule has 4 rings (SSSR count). The van der Waals surface area contributed by atoms with E-state index in [4.69, 9.17) is 0 Å². The van der Waals surface area contributed by atoms with Crippen LogP contribution in [-0.4, -0.2) is 42.9 Å². The summed E-state index contributed by atoms with van der Waals surface area (Å²) >= 11 is 0. The number of amides is 1. The van der Waals surface area contributed by atoms with Crippen molar-refractivity contribution in [2.75, 3.05) is 31.1 Å². The molecule has 31 heavy (non-hydrogen) atoms. The predicted octanol–water partition coefficient (Wildman–Crippen LogP) is 4.05. The molecule has 164 valence electrons. The van der Waals surface area contributed by atoms with Crippen molar-refractivity contribution in [1.29, 1.82) is 0 Å². The molecule has 1 N–H and O–H groups in total. The first-order valence-electron chi connectivity index (χ1n) is 10.9. The van der Waals surface area contributed by atoms with E-state index in [0.717, 1.165) is 50.3 Å².